The van der Waals surface area contributed by atoms with Crippen LogP contribution in [0, 0.1) is 0 Å². The Hall–Kier alpha value is -1.95. The number of aryl methyl sites for hydroxylation is 1. The maximum absolute atomic E-state index is 12.0. The van der Waals surface area contributed by atoms with Crippen molar-refractivity contribution in [3.63, 3.8) is 0 Å². The Morgan fingerprint density at radius 3 is 2.81 bits per heavy atom. The summed E-state index contributed by atoms with van der Waals surface area (Å²) in [7, 11) is 1.61. The molecule has 21 heavy (non-hydrogen) atoms. The predicted molar refractivity (Wildman–Crippen MR) is 82.2 cm³/mol. The molecule has 0 spiro atoms. The number of nitrogens with zero attached hydrogens (tertiary/aromatic N) is 2. The summed E-state index contributed by atoms with van der Waals surface area (Å²) in [5.41, 5.74) is 0.963. The lowest BCUT2D eigenvalue weighted by atomic mass is 10.3. The molecule has 2 rings (SSSR count). The average molecular weight is 306 g/mol. The minimum atomic E-state index is -0.381. The van der Waals surface area contributed by atoms with Gasteiger partial charge in [-0.2, -0.15) is 0 Å². The first-order valence-corrected chi connectivity index (χ1v) is 7.66. The molecule has 5 nitrogen and oxygen atoms in total. The zero-order chi connectivity index (χ0) is 15.2. The molecule has 1 amide bonds. The molecular weight excluding hydrogens is 288 g/mol. The van der Waals surface area contributed by atoms with Crippen molar-refractivity contribution in [2.45, 2.75) is 19.8 Å². The van der Waals surface area contributed by atoms with Gasteiger partial charge in [0.15, 0.2) is 0 Å². The molecule has 0 atom stereocenters. The summed E-state index contributed by atoms with van der Waals surface area (Å²) in [5.74, 6) is -0.462. The summed E-state index contributed by atoms with van der Waals surface area (Å²) in [6.07, 6.45) is 0.932. The van der Waals surface area contributed by atoms with Crippen molar-refractivity contribution in [1.82, 2.24) is 9.88 Å². The number of thiazole rings is 1. The smallest absolute Gasteiger partial charge is 0.325 e. The number of likely N-dealkylation sites (N-methyl/N-ethyl adjacent to an activating group) is 1. The van der Waals surface area contributed by atoms with Gasteiger partial charge >= 0.3 is 5.97 Å². The average Bonchev–Trinajstić information content (AvgIpc) is 2.87. The standard InChI is InChI=1S/C15H18N2O3S/c1-3-20-15(19)10-17(2)14(18)9-8-13-16-11-6-4-5-7-12(11)21-13/h4-7H,3,8-10H2,1-2H3. The number of fused-ring (bicyclic) bond motifs is 1. The fourth-order valence-corrected chi connectivity index (χ4v) is 2.89. The van der Waals surface area contributed by atoms with Gasteiger partial charge in [0.25, 0.3) is 0 Å². The number of hydrogen-bond acceptors (Lipinski definition) is 5. The van der Waals surface area contributed by atoms with Crippen LogP contribution in [0.15, 0.2) is 24.3 Å². The molecule has 1 aromatic heterocycles. The Morgan fingerprint density at radius 1 is 1.33 bits per heavy atom. The van der Waals surface area contributed by atoms with E-state index in [1.54, 1.807) is 25.3 Å². The molecule has 0 N–H and O–H groups in total. The SMILES string of the molecule is CCOC(=O)CN(C)C(=O)CCc1nc2ccccc2s1. The predicted octanol–water partition coefficient (Wildman–Crippen LogP) is 2.25. The third-order valence-electron chi connectivity index (χ3n) is 2.99. The van der Waals surface area contributed by atoms with Crippen LogP contribution in [0.1, 0.15) is 18.4 Å². The van der Waals surface area contributed by atoms with Crippen molar-refractivity contribution in [3.05, 3.63) is 29.3 Å². The van der Waals surface area contributed by atoms with Gasteiger partial charge in [0.2, 0.25) is 5.91 Å². The Morgan fingerprint density at radius 2 is 2.10 bits per heavy atom. The molecule has 0 aliphatic heterocycles. The van der Waals surface area contributed by atoms with Crippen LogP contribution < -0.4 is 0 Å². The number of carbonyl (C=O) groups is 2. The van der Waals surface area contributed by atoms with E-state index in [1.165, 1.54) is 4.90 Å². The molecule has 0 saturated carbocycles. The Kier molecular flexibility index (Phi) is 5.27. The number of amides is 1. The van der Waals surface area contributed by atoms with E-state index in [0.29, 0.717) is 19.4 Å². The molecule has 0 saturated heterocycles. The van der Waals surface area contributed by atoms with Crippen LogP contribution in [0.25, 0.3) is 10.2 Å². The lowest BCUT2D eigenvalue weighted by Crippen LogP contribution is -2.33. The van der Waals surface area contributed by atoms with Crippen LogP contribution in [0.5, 0.6) is 0 Å². The highest BCUT2D eigenvalue weighted by atomic mass is 32.1. The van der Waals surface area contributed by atoms with Gasteiger partial charge in [0.1, 0.15) is 6.54 Å². The van der Waals surface area contributed by atoms with E-state index in [0.717, 1.165) is 15.2 Å². The fraction of sp³-hybridized carbons (Fsp3) is 0.400. The minimum absolute atomic E-state index is 0.00742. The van der Waals surface area contributed by atoms with Crippen LogP contribution >= 0.6 is 11.3 Å². The number of rotatable bonds is 6. The van der Waals surface area contributed by atoms with Gasteiger partial charge in [-0.15, -0.1) is 11.3 Å². The van der Waals surface area contributed by atoms with E-state index in [4.69, 9.17) is 4.74 Å². The van der Waals surface area contributed by atoms with Crippen molar-refractivity contribution in [2.24, 2.45) is 0 Å². The summed E-state index contributed by atoms with van der Waals surface area (Å²) >= 11 is 1.60. The van der Waals surface area contributed by atoms with Crippen molar-refractivity contribution in [3.8, 4) is 0 Å². The van der Waals surface area contributed by atoms with Crippen LogP contribution in [0.4, 0.5) is 0 Å². The summed E-state index contributed by atoms with van der Waals surface area (Å²) < 4.78 is 5.95. The number of ether oxygens (including phenoxy) is 1. The first-order chi connectivity index (χ1) is 10.1. The highest BCUT2D eigenvalue weighted by Gasteiger charge is 2.14. The van der Waals surface area contributed by atoms with Gasteiger partial charge in [-0.3, -0.25) is 9.59 Å². The molecule has 1 heterocycles. The number of carbonyl (C=O) groups excluding carboxylic acids is 2. The van der Waals surface area contributed by atoms with E-state index >= 15 is 0 Å². The molecule has 0 unspecified atom stereocenters. The quantitative estimate of drug-likeness (QED) is 0.768. The molecule has 0 aliphatic rings. The lowest BCUT2D eigenvalue weighted by molar-refractivity contribution is -0.148. The molecule has 1 aromatic carbocycles. The van der Waals surface area contributed by atoms with E-state index < -0.39 is 0 Å². The zero-order valence-electron chi connectivity index (χ0n) is 12.2. The monoisotopic (exact) mass is 306 g/mol. The number of para-hydroxylation sites is 1. The minimum Gasteiger partial charge on any atom is -0.465 e. The third kappa shape index (κ3) is 4.26. The normalized spacial score (nSPS) is 10.6. The van der Waals surface area contributed by atoms with E-state index in [9.17, 15) is 9.59 Å². The molecule has 112 valence electrons. The van der Waals surface area contributed by atoms with Gasteiger partial charge in [-0.1, -0.05) is 12.1 Å². The Bertz CT molecular complexity index is 606. The summed E-state index contributed by atoms with van der Waals surface area (Å²) in [5, 5.41) is 0.939. The van der Waals surface area contributed by atoms with Crippen LogP contribution in [-0.4, -0.2) is 42.0 Å². The van der Waals surface area contributed by atoms with Gasteiger partial charge in [0, 0.05) is 19.9 Å². The van der Waals surface area contributed by atoms with Crippen molar-refractivity contribution >= 4 is 33.4 Å². The molecule has 2 aromatic rings. The van der Waals surface area contributed by atoms with Crippen LogP contribution in [0.2, 0.25) is 0 Å². The number of aromatic nitrogens is 1. The summed E-state index contributed by atoms with van der Waals surface area (Å²) in [6.45, 7) is 2.06. The van der Waals surface area contributed by atoms with Gasteiger partial charge in [-0.25, -0.2) is 4.98 Å². The van der Waals surface area contributed by atoms with Crippen LogP contribution in [0.3, 0.4) is 0 Å². The fourth-order valence-electron chi connectivity index (χ4n) is 1.92. The molecule has 0 radical (unpaired) electrons. The summed E-state index contributed by atoms with van der Waals surface area (Å²) in [4.78, 5) is 29.2. The maximum Gasteiger partial charge on any atom is 0.325 e. The second-order valence-electron chi connectivity index (χ2n) is 4.63. The third-order valence-corrected chi connectivity index (χ3v) is 4.08. The van der Waals surface area contributed by atoms with Crippen LogP contribution in [-0.2, 0) is 20.7 Å². The number of esters is 1. The van der Waals surface area contributed by atoms with Gasteiger partial charge in [-0.05, 0) is 19.1 Å². The van der Waals surface area contributed by atoms with Gasteiger partial charge in [0.05, 0.1) is 21.8 Å². The largest absolute Gasteiger partial charge is 0.465 e. The molecular formula is C15H18N2O3S. The summed E-state index contributed by atoms with van der Waals surface area (Å²) in [6, 6.07) is 7.90. The Balaban J connectivity index is 1.87. The Labute approximate surface area is 127 Å². The number of benzene rings is 1. The second kappa shape index (κ2) is 7.17. The first-order valence-electron chi connectivity index (χ1n) is 6.84. The van der Waals surface area contributed by atoms with E-state index in [1.807, 2.05) is 24.3 Å². The first kappa shape index (κ1) is 15.4. The van der Waals surface area contributed by atoms with Crippen molar-refractivity contribution in [1.29, 1.82) is 0 Å². The molecule has 6 heteroatoms. The lowest BCUT2D eigenvalue weighted by Gasteiger charge is -2.15. The zero-order valence-corrected chi connectivity index (χ0v) is 13.0. The van der Waals surface area contributed by atoms with Gasteiger partial charge < -0.3 is 9.64 Å². The van der Waals surface area contributed by atoms with Crippen molar-refractivity contribution < 1.29 is 14.3 Å². The second-order valence-corrected chi connectivity index (χ2v) is 5.75. The molecule has 0 aliphatic carbocycles. The van der Waals surface area contributed by atoms with E-state index in [-0.39, 0.29) is 18.4 Å². The van der Waals surface area contributed by atoms with E-state index in [2.05, 4.69) is 4.98 Å². The highest BCUT2D eigenvalue weighted by molar-refractivity contribution is 7.18. The topological polar surface area (TPSA) is 59.5 Å². The molecule has 0 bridgehead atoms. The maximum atomic E-state index is 12.0. The highest BCUT2D eigenvalue weighted by Crippen LogP contribution is 2.22. The number of hydrogen-bond donors (Lipinski definition) is 0. The van der Waals surface area contributed by atoms with Crippen molar-refractivity contribution in [2.75, 3.05) is 20.2 Å². The molecule has 0 fully saturated rings.